The molecule has 80 heavy (non-hydrogen) atoms. The van der Waals surface area contributed by atoms with E-state index in [1.165, 1.54) is 9.80 Å². The molecule has 23 heteroatoms. The van der Waals surface area contributed by atoms with Crippen LogP contribution in [0.5, 0.6) is 11.5 Å². The number of phenolic OH excluding ortho intramolecular Hbond substituents is 2. The van der Waals surface area contributed by atoms with Crippen LogP contribution in [-0.4, -0.2) is 177 Å². The summed E-state index contributed by atoms with van der Waals surface area (Å²) in [6, 6.07) is 1.76. The van der Waals surface area contributed by atoms with Crippen molar-refractivity contribution < 1.29 is 74.5 Å². The van der Waals surface area contributed by atoms with Crippen molar-refractivity contribution in [2.75, 3.05) is 66.2 Å². The zero-order chi connectivity index (χ0) is 59.3. The predicted octanol–water partition coefficient (Wildman–Crippen LogP) is 1.91. The second-order valence-electron chi connectivity index (χ2n) is 24.1. The molecule has 0 spiro atoms. The number of hydrogen-bond acceptors (Lipinski definition) is 21. The number of nitrogens with two attached hydrogens (primary N) is 2. The van der Waals surface area contributed by atoms with Gasteiger partial charge in [0.25, 0.3) is 11.8 Å². The molecule has 7 aliphatic rings. The highest BCUT2D eigenvalue weighted by Crippen LogP contribution is 2.56. The Morgan fingerprint density at radius 1 is 0.637 bits per heavy atom. The van der Waals surface area contributed by atoms with Gasteiger partial charge in [-0.15, -0.1) is 0 Å². The molecule has 0 aromatic heterocycles. The lowest BCUT2D eigenvalue weighted by atomic mass is 9.57. The molecule has 2 aromatic carbocycles. The standard InChI is InChI=1S/C29H38N4O7.C28H38N4O8/c1-32(2)18-11-14(12-31-15-7-5-6-8-15)23(34)20-16(18)9-13-10-17-22(33(3)4)25(36)21(28(30)39)27(38)29(17,40)26(37)19(13)24(20)35;1-27(2,3)40-30-11-13-10-16(31(4)5)14-8-12-9-15-20(32(6)7)23(35)19(26(29)38)25(37)28(15,39)24(36)17(12)22(34)18(14)21(13)33/h11,13,15,17,22,31,34-35,38,40H,5-10,12H2,1-4H3,(H2,30,39);10,12,15,20,30,33-34,37,39H,8-9,11H2,1-7H3,(H2,29,38)/t13-,17-,22-,29-;12-,15-,20+,28-/m00/s1. The molecule has 0 unspecified atom stereocenters. The molecular formula is C57H76N8O15. The van der Waals surface area contributed by atoms with Gasteiger partial charge in [0.2, 0.25) is 11.6 Å². The molecule has 3 saturated carbocycles. The number of carbonyl (C=O) groups excluding carboxylic acids is 6. The van der Waals surface area contributed by atoms with Crippen LogP contribution in [-0.2, 0) is 59.5 Å². The van der Waals surface area contributed by atoms with E-state index >= 15 is 0 Å². The van der Waals surface area contributed by atoms with Gasteiger partial charge in [0.15, 0.2) is 22.8 Å². The van der Waals surface area contributed by atoms with Gasteiger partial charge in [-0.1, -0.05) is 12.8 Å². The Kier molecular flexibility index (Phi) is 15.7. The van der Waals surface area contributed by atoms with E-state index in [4.69, 9.17) is 16.3 Å². The van der Waals surface area contributed by atoms with Gasteiger partial charge in [-0.3, -0.25) is 43.4 Å². The fraction of sp³-hybridized carbons (Fsp3) is 0.544. The maximum absolute atomic E-state index is 14.1. The zero-order valence-corrected chi connectivity index (χ0v) is 47.1. The fourth-order valence-corrected chi connectivity index (χ4v) is 13.5. The Hall–Kier alpha value is -6.86. The van der Waals surface area contributed by atoms with E-state index in [1.807, 2.05) is 64.8 Å². The average Bonchev–Trinajstić information content (AvgIpc) is 4.01. The minimum atomic E-state index is -2.68. The van der Waals surface area contributed by atoms with Gasteiger partial charge in [-0.05, 0) is 123 Å². The summed E-state index contributed by atoms with van der Waals surface area (Å²) in [5, 5.41) is 94.8. The smallest absolute Gasteiger partial charge is 0.255 e. The van der Waals surface area contributed by atoms with E-state index in [1.54, 1.807) is 34.3 Å². The molecular weight excluding hydrogens is 1040 g/mol. The molecule has 3 fully saturated rings. The van der Waals surface area contributed by atoms with Crippen LogP contribution in [0.4, 0.5) is 11.4 Å². The summed E-state index contributed by atoms with van der Waals surface area (Å²) in [6.07, 6.45) is 4.96. The Morgan fingerprint density at radius 2 is 1.01 bits per heavy atom. The molecule has 0 bridgehead atoms. The van der Waals surface area contributed by atoms with Crippen LogP contribution in [0.1, 0.15) is 92.7 Å². The SMILES string of the molecule is CN(C)c1cc(CNC2CCCC2)c(O)c2c1C[C@H]1C[C@H]3[C@H](N(C)C)C(=O)C(C(N)=O)=C(O)[C@@]3(O)C(=O)C1=C2O.CN(C)c1cc(CNOC(C)(C)C)c(O)c2c1C[C@H]1C[C@H]3[C@@H](N(C)C)C(=O)C(C(N)=O)=C(O)[C@@]3(O)C(=O)C1=C2O. The van der Waals surface area contributed by atoms with Crippen LogP contribution in [0.3, 0.4) is 0 Å². The first-order valence-corrected chi connectivity index (χ1v) is 26.8. The van der Waals surface area contributed by atoms with Gasteiger partial charge < -0.3 is 67.4 Å². The fourth-order valence-electron chi connectivity index (χ4n) is 13.5. The van der Waals surface area contributed by atoms with Crippen molar-refractivity contribution in [2.45, 2.75) is 120 Å². The largest absolute Gasteiger partial charge is 0.508 e. The summed E-state index contributed by atoms with van der Waals surface area (Å²) in [4.78, 5) is 91.1. The monoisotopic (exact) mass is 1110 g/mol. The number of Topliss-reactive ketones (excluding diaryl/α,β-unsaturated/α-hetero) is 4. The number of fused-ring (bicyclic) bond motifs is 6. The molecule has 7 aliphatic carbocycles. The van der Waals surface area contributed by atoms with Crippen LogP contribution in [0.2, 0.25) is 0 Å². The summed E-state index contributed by atoms with van der Waals surface area (Å²) in [6.45, 7) is 6.02. The van der Waals surface area contributed by atoms with Crippen LogP contribution in [0.15, 0.2) is 45.9 Å². The number of phenols is 2. The number of ketones is 4. The van der Waals surface area contributed by atoms with E-state index < -0.39 is 122 Å². The highest BCUT2D eigenvalue weighted by molar-refractivity contribution is 6.25. The Labute approximate surface area is 463 Å². The minimum Gasteiger partial charge on any atom is -0.508 e. The summed E-state index contributed by atoms with van der Waals surface area (Å²) < 4.78 is 0. The lowest BCUT2D eigenvalue weighted by Gasteiger charge is -2.50. The van der Waals surface area contributed by atoms with E-state index in [2.05, 4.69) is 10.8 Å². The number of nitrogens with one attached hydrogen (secondary N) is 2. The number of hydrogen-bond donors (Lipinski definition) is 12. The van der Waals surface area contributed by atoms with Crippen LogP contribution in [0, 0.1) is 23.7 Å². The molecule has 8 atom stereocenters. The topological polar surface area (TPSA) is 363 Å². The lowest BCUT2D eigenvalue weighted by molar-refractivity contribution is -0.155. The number of aliphatic hydroxyl groups excluding tert-OH is 4. The molecule has 0 radical (unpaired) electrons. The van der Waals surface area contributed by atoms with E-state index in [0.717, 1.165) is 31.4 Å². The van der Waals surface area contributed by atoms with Crippen LogP contribution >= 0.6 is 0 Å². The van der Waals surface area contributed by atoms with Crippen LogP contribution in [0.25, 0.3) is 11.5 Å². The number of primary amides is 2. The van der Waals surface area contributed by atoms with Gasteiger partial charge in [0.05, 0.1) is 28.8 Å². The lowest BCUT2D eigenvalue weighted by Crippen LogP contribution is -2.65. The third-order valence-corrected chi connectivity index (χ3v) is 17.1. The third kappa shape index (κ3) is 9.48. The van der Waals surface area contributed by atoms with Gasteiger partial charge in [0, 0.05) is 92.8 Å². The van der Waals surface area contributed by atoms with E-state index in [-0.39, 0.29) is 66.0 Å². The molecule has 0 aliphatic heterocycles. The number of likely N-dealkylation sites (N-methyl/N-ethyl adjacent to an activating group) is 2. The van der Waals surface area contributed by atoms with Gasteiger partial charge in [0.1, 0.15) is 45.7 Å². The van der Waals surface area contributed by atoms with Crippen LogP contribution < -0.4 is 32.1 Å². The average molecular weight is 1110 g/mol. The zero-order valence-electron chi connectivity index (χ0n) is 47.1. The molecule has 14 N–H and O–H groups in total. The van der Waals surface area contributed by atoms with Crippen molar-refractivity contribution in [3.63, 3.8) is 0 Å². The minimum absolute atomic E-state index is 0.0299. The van der Waals surface area contributed by atoms with Gasteiger partial charge in [-0.2, -0.15) is 5.48 Å². The third-order valence-electron chi connectivity index (χ3n) is 17.1. The maximum Gasteiger partial charge on any atom is 0.255 e. The predicted molar refractivity (Wildman–Crippen MR) is 294 cm³/mol. The molecule has 23 nitrogen and oxygen atoms in total. The van der Waals surface area contributed by atoms with Gasteiger partial charge >= 0.3 is 0 Å². The summed E-state index contributed by atoms with van der Waals surface area (Å²) in [7, 11) is 13.6. The number of hydroxylamine groups is 1. The van der Waals surface area contributed by atoms with Gasteiger partial charge in [-0.25, -0.2) is 0 Å². The Balaban J connectivity index is 0.000000210. The molecule has 434 valence electrons. The highest BCUT2D eigenvalue weighted by Gasteiger charge is 2.66. The summed E-state index contributed by atoms with van der Waals surface area (Å²) in [5.74, 6) is -13.2. The quantitative estimate of drug-likeness (QED) is 0.107. The molecule has 9 rings (SSSR count). The highest BCUT2D eigenvalue weighted by atomic mass is 16.7. The van der Waals surface area contributed by atoms with Crippen molar-refractivity contribution >= 4 is 57.8 Å². The maximum atomic E-state index is 14.1. The summed E-state index contributed by atoms with van der Waals surface area (Å²) >= 11 is 0. The van der Waals surface area contributed by atoms with Crippen molar-refractivity contribution in [1.82, 2.24) is 20.6 Å². The number of carbonyl (C=O) groups is 6. The molecule has 2 amide bonds. The number of benzene rings is 2. The Morgan fingerprint density at radius 3 is 1.35 bits per heavy atom. The number of aliphatic hydroxyl groups is 6. The van der Waals surface area contributed by atoms with Crippen molar-refractivity contribution in [1.29, 1.82) is 0 Å². The Bertz CT molecular complexity index is 3130. The first-order chi connectivity index (χ1) is 37.2. The molecule has 0 heterocycles. The van der Waals surface area contributed by atoms with E-state index in [0.29, 0.717) is 40.5 Å². The summed E-state index contributed by atoms with van der Waals surface area (Å²) in [5.41, 5.74) is 9.58. The molecule has 0 saturated heterocycles. The normalized spacial score (nSPS) is 27.6. The first kappa shape index (κ1) is 59.3. The van der Waals surface area contributed by atoms with Crippen molar-refractivity contribution in [3.8, 4) is 11.5 Å². The van der Waals surface area contributed by atoms with Crippen molar-refractivity contribution in [3.05, 3.63) is 79.3 Å². The van der Waals surface area contributed by atoms with E-state index in [9.17, 15) is 69.6 Å². The van der Waals surface area contributed by atoms with Crippen molar-refractivity contribution in [2.24, 2.45) is 35.1 Å². The first-order valence-electron chi connectivity index (χ1n) is 26.8. The number of aromatic hydroxyl groups is 2. The number of amides is 2. The second kappa shape index (κ2) is 21.2. The number of rotatable bonds is 12. The molecule has 2 aromatic rings. The second-order valence-corrected chi connectivity index (χ2v) is 24.1. The number of nitrogens with zero attached hydrogens (tertiary/aromatic N) is 4. The number of anilines is 2.